The highest BCUT2D eigenvalue weighted by atomic mass is 79.9. The second-order valence-corrected chi connectivity index (χ2v) is 7.44. The molecule has 1 aromatic heterocycles. The van der Waals surface area contributed by atoms with E-state index in [1.807, 2.05) is 11.3 Å². The minimum atomic E-state index is 0.579. The van der Waals surface area contributed by atoms with Crippen LogP contribution in [0.3, 0.4) is 0 Å². The van der Waals surface area contributed by atoms with Crippen molar-refractivity contribution >= 4 is 27.3 Å². The largest absolute Gasteiger partial charge is 0.309 e. The molecule has 3 heteroatoms. The third kappa shape index (κ3) is 3.33. The summed E-state index contributed by atoms with van der Waals surface area (Å²) in [5, 5.41) is 3.70. The Kier molecular flexibility index (Phi) is 5.07. The fourth-order valence-electron chi connectivity index (χ4n) is 2.82. The number of nitrogens with one attached hydrogen (secondary N) is 1. The second-order valence-electron chi connectivity index (χ2n) is 5.04. The summed E-state index contributed by atoms with van der Waals surface area (Å²) in [6.45, 7) is 5.47. The predicted octanol–water partition coefficient (Wildman–Crippen LogP) is 5.05. The zero-order valence-corrected chi connectivity index (χ0v) is 13.2. The van der Waals surface area contributed by atoms with E-state index < -0.39 is 0 Å². The van der Waals surface area contributed by atoms with Crippen LogP contribution in [0.25, 0.3) is 0 Å². The maximum absolute atomic E-state index is 3.70. The molecule has 0 bridgehead atoms. The molecule has 0 radical (unpaired) electrons. The van der Waals surface area contributed by atoms with E-state index in [2.05, 4.69) is 41.2 Å². The highest BCUT2D eigenvalue weighted by molar-refractivity contribution is 9.11. The Morgan fingerprint density at radius 3 is 2.65 bits per heavy atom. The van der Waals surface area contributed by atoms with Gasteiger partial charge in [0.05, 0.1) is 3.79 Å². The van der Waals surface area contributed by atoms with Crippen molar-refractivity contribution in [3.05, 3.63) is 20.3 Å². The van der Waals surface area contributed by atoms with E-state index in [0.717, 1.165) is 12.5 Å². The molecular weight excluding hydrogens is 294 g/mol. The molecule has 1 N–H and O–H groups in total. The Morgan fingerprint density at radius 2 is 2.12 bits per heavy atom. The van der Waals surface area contributed by atoms with Gasteiger partial charge in [0, 0.05) is 10.9 Å². The van der Waals surface area contributed by atoms with Crippen LogP contribution in [0, 0.1) is 12.8 Å². The third-order valence-corrected chi connectivity index (χ3v) is 5.95. The van der Waals surface area contributed by atoms with E-state index in [9.17, 15) is 0 Å². The zero-order chi connectivity index (χ0) is 12.3. The van der Waals surface area contributed by atoms with Gasteiger partial charge >= 0.3 is 0 Å². The molecule has 1 heterocycles. The molecule has 1 aromatic rings. The fraction of sp³-hybridized carbons (Fsp3) is 0.714. The van der Waals surface area contributed by atoms with Gasteiger partial charge in [0.1, 0.15) is 0 Å². The van der Waals surface area contributed by atoms with Gasteiger partial charge in [0.25, 0.3) is 0 Å². The van der Waals surface area contributed by atoms with Crippen molar-refractivity contribution in [2.75, 3.05) is 6.54 Å². The van der Waals surface area contributed by atoms with Gasteiger partial charge in [-0.05, 0) is 59.8 Å². The van der Waals surface area contributed by atoms with Gasteiger partial charge < -0.3 is 5.32 Å². The van der Waals surface area contributed by atoms with Crippen LogP contribution >= 0.6 is 27.3 Å². The number of aryl methyl sites for hydroxylation is 1. The first kappa shape index (κ1) is 13.6. The van der Waals surface area contributed by atoms with Crippen molar-refractivity contribution in [2.24, 2.45) is 5.92 Å². The van der Waals surface area contributed by atoms with Crippen LogP contribution in [0.1, 0.15) is 55.5 Å². The molecule has 1 saturated carbocycles. The summed E-state index contributed by atoms with van der Waals surface area (Å²) < 4.78 is 1.30. The lowest BCUT2D eigenvalue weighted by atomic mass is 9.83. The molecule has 0 amide bonds. The zero-order valence-electron chi connectivity index (χ0n) is 10.8. The molecule has 1 aliphatic carbocycles. The van der Waals surface area contributed by atoms with Crippen molar-refractivity contribution in [3.8, 4) is 0 Å². The van der Waals surface area contributed by atoms with Crippen LogP contribution in [-0.4, -0.2) is 6.54 Å². The molecule has 0 saturated heterocycles. The smallest absolute Gasteiger partial charge is 0.0731 e. The second kappa shape index (κ2) is 6.35. The van der Waals surface area contributed by atoms with Crippen LogP contribution in [0.15, 0.2) is 9.85 Å². The summed E-state index contributed by atoms with van der Waals surface area (Å²) in [4.78, 5) is 1.52. The van der Waals surface area contributed by atoms with E-state index in [-0.39, 0.29) is 0 Å². The Morgan fingerprint density at radius 1 is 1.41 bits per heavy atom. The maximum Gasteiger partial charge on any atom is 0.0731 e. The van der Waals surface area contributed by atoms with Crippen molar-refractivity contribution in [1.82, 2.24) is 5.32 Å². The summed E-state index contributed by atoms with van der Waals surface area (Å²) in [6, 6.07) is 2.94. The van der Waals surface area contributed by atoms with E-state index >= 15 is 0 Å². The van der Waals surface area contributed by atoms with Gasteiger partial charge in [0.2, 0.25) is 0 Å². The lowest BCUT2D eigenvalue weighted by Gasteiger charge is -2.30. The summed E-state index contributed by atoms with van der Waals surface area (Å²) in [6.07, 6.45) is 7.05. The first-order valence-electron chi connectivity index (χ1n) is 6.71. The molecule has 1 atom stereocenters. The molecule has 1 aliphatic rings. The summed E-state index contributed by atoms with van der Waals surface area (Å²) in [5.41, 5.74) is 1.38. The van der Waals surface area contributed by atoms with Crippen LogP contribution in [0.2, 0.25) is 0 Å². The average molecular weight is 316 g/mol. The Balaban J connectivity index is 2.15. The van der Waals surface area contributed by atoms with Crippen LogP contribution < -0.4 is 5.32 Å². The van der Waals surface area contributed by atoms with Gasteiger partial charge in [-0.2, -0.15) is 0 Å². The van der Waals surface area contributed by atoms with Crippen molar-refractivity contribution in [3.63, 3.8) is 0 Å². The van der Waals surface area contributed by atoms with Gasteiger partial charge in [-0.3, -0.25) is 0 Å². The quantitative estimate of drug-likeness (QED) is 0.819. The lowest BCUT2D eigenvalue weighted by molar-refractivity contribution is 0.277. The molecule has 96 valence electrons. The molecule has 17 heavy (non-hydrogen) atoms. The molecule has 0 aliphatic heterocycles. The van der Waals surface area contributed by atoms with Crippen molar-refractivity contribution in [1.29, 1.82) is 0 Å². The predicted molar refractivity (Wildman–Crippen MR) is 79.7 cm³/mol. The first-order chi connectivity index (χ1) is 8.22. The highest BCUT2D eigenvalue weighted by Gasteiger charge is 2.25. The average Bonchev–Trinajstić information content (AvgIpc) is 2.67. The van der Waals surface area contributed by atoms with Crippen molar-refractivity contribution in [2.45, 2.75) is 52.0 Å². The number of halogens is 1. The molecule has 1 fully saturated rings. The van der Waals surface area contributed by atoms with Gasteiger partial charge in [-0.25, -0.2) is 0 Å². The van der Waals surface area contributed by atoms with E-state index in [0.29, 0.717) is 6.04 Å². The molecule has 1 unspecified atom stereocenters. The van der Waals surface area contributed by atoms with Gasteiger partial charge in [-0.1, -0.05) is 26.2 Å². The Bertz CT molecular complexity index is 336. The third-order valence-electron chi connectivity index (χ3n) is 3.73. The molecule has 1 nitrogen and oxygen atoms in total. The molecule has 0 aromatic carbocycles. The Hall–Kier alpha value is 0.140. The minimum Gasteiger partial charge on any atom is -0.309 e. The Labute approximate surface area is 117 Å². The summed E-state index contributed by atoms with van der Waals surface area (Å²) in [7, 11) is 0. The first-order valence-corrected chi connectivity index (χ1v) is 8.32. The van der Waals surface area contributed by atoms with Crippen LogP contribution in [-0.2, 0) is 0 Å². The summed E-state index contributed by atoms with van der Waals surface area (Å²) in [5.74, 6) is 0.841. The molecule has 2 rings (SSSR count). The molecular formula is C14H22BrNS. The van der Waals surface area contributed by atoms with Crippen molar-refractivity contribution < 1.29 is 0 Å². The van der Waals surface area contributed by atoms with Crippen LogP contribution in [0.5, 0.6) is 0 Å². The number of hydrogen-bond donors (Lipinski definition) is 1. The summed E-state index contributed by atoms with van der Waals surface area (Å²) >= 11 is 5.56. The normalized spacial score (nSPS) is 19.5. The highest BCUT2D eigenvalue weighted by Crippen LogP contribution is 2.39. The monoisotopic (exact) mass is 315 g/mol. The maximum atomic E-state index is 3.70. The van der Waals surface area contributed by atoms with Gasteiger partial charge in [-0.15, -0.1) is 11.3 Å². The van der Waals surface area contributed by atoms with E-state index in [4.69, 9.17) is 0 Å². The number of thiophene rings is 1. The number of hydrogen-bond acceptors (Lipinski definition) is 2. The van der Waals surface area contributed by atoms with Crippen LogP contribution in [0.4, 0.5) is 0 Å². The van der Waals surface area contributed by atoms with Gasteiger partial charge in [0.15, 0.2) is 0 Å². The standard InChI is InChI=1S/C14H22BrNS/c1-3-16-13(11-7-5-4-6-8-11)12-9-10(2)14(15)17-12/h9,11,13,16H,3-8H2,1-2H3. The number of rotatable bonds is 4. The van der Waals surface area contributed by atoms with E-state index in [1.54, 1.807) is 0 Å². The minimum absolute atomic E-state index is 0.579. The lowest BCUT2D eigenvalue weighted by Crippen LogP contribution is -2.28. The SMILES string of the molecule is CCNC(c1cc(C)c(Br)s1)C1CCCCC1. The van der Waals surface area contributed by atoms with E-state index in [1.165, 1.54) is 46.3 Å². The molecule has 0 spiro atoms. The topological polar surface area (TPSA) is 12.0 Å². The fourth-order valence-corrected chi connectivity index (χ4v) is 4.56.